The van der Waals surface area contributed by atoms with E-state index >= 15 is 0 Å². The number of rotatable bonds is 5. The number of aromatic nitrogens is 1. The van der Waals surface area contributed by atoms with Gasteiger partial charge in [0.2, 0.25) is 0 Å². The Morgan fingerprint density at radius 3 is 2.95 bits per heavy atom. The summed E-state index contributed by atoms with van der Waals surface area (Å²) in [6.07, 6.45) is 3.99. The molecule has 1 fully saturated rings. The third kappa shape index (κ3) is 4.45. The quantitative estimate of drug-likeness (QED) is 0.677. The van der Waals surface area contributed by atoms with Crippen LogP contribution in [0.25, 0.3) is 0 Å². The van der Waals surface area contributed by atoms with Crippen molar-refractivity contribution in [3.05, 3.63) is 11.1 Å². The van der Waals surface area contributed by atoms with Gasteiger partial charge in [0.1, 0.15) is 4.88 Å². The monoisotopic (exact) mass is 284 g/mol. The molecule has 0 aromatic carbocycles. The van der Waals surface area contributed by atoms with Crippen molar-refractivity contribution < 1.29 is 9.90 Å². The van der Waals surface area contributed by atoms with Gasteiger partial charge in [0.05, 0.1) is 12.3 Å². The zero-order valence-electron chi connectivity index (χ0n) is 10.8. The van der Waals surface area contributed by atoms with Gasteiger partial charge in [0, 0.05) is 19.6 Å². The molecule has 19 heavy (non-hydrogen) atoms. The molecular weight excluding hydrogens is 264 g/mol. The van der Waals surface area contributed by atoms with E-state index in [1.165, 1.54) is 17.5 Å². The number of hydrogen-bond acceptors (Lipinski definition) is 6. The van der Waals surface area contributed by atoms with Crippen LogP contribution in [-0.2, 0) is 0 Å². The molecule has 2 heterocycles. The van der Waals surface area contributed by atoms with Gasteiger partial charge in [-0.2, -0.15) is 0 Å². The van der Waals surface area contributed by atoms with Crippen molar-refractivity contribution in [3.63, 3.8) is 0 Å². The zero-order chi connectivity index (χ0) is 13.7. The summed E-state index contributed by atoms with van der Waals surface area (Å²) in [5, 5.41) is 12.7. The molecular formula is C12H20N4O2S. The Kier molecular flexibility index (Phi) is 5.12. The first-order valence-corrected chi connectivity index (χ1v) is 7.36. The summed E-state index contributed by atoms with van der Waals surface area (Å²) in [4.78, 5) is 18.4. The first kappa shape index (κ1) is 14.2. The second kappa shape index (κ2) is 6.83. The molecule has 1 saturated heterocycles. The predicted octanol–water partition coefficient (Wildman–Crippen LogP) is 0.302. The third-order valence-electron chi connectivity index (χ3n) is 3.24. The van der Waals surface area contributed by atoms with Gasteiger partial charge in [-0.05, 0) is 25.8 Å². The molecule has 0 unspecified atom stereocenters. The van der Waals surface area contributed by atoms with Crippen LogP contribution in [0.2, 0.25) is 0 Å². The number of anilines is 1. The van der Waals surface area contributed by atoms with Crippen molar-refractivity contribution in [3.8, 4) is 0 Å². The van der Waals surface area contributed by atoms with Crippen molar-refractivity contribution in [2.45, 2.75) is 25.4 Å². The lowest BCUT2D eigenvalue weighted by Crippen LogP contribution is -2.37. The minimum atomic E-state index is -0.132. The lowest BCUT2D eigenvalue weighted by molar-refractivity contribution is 0.0816. The molecule has 0 saturated carbocycles. The lowest BCUT2D eigenvalue weighted by atomic mass is 10.1. The van der Waals surface area contributed by atoms with Crippen LogP contribution >= 0.6 is 11.3 Å². The third-order valence-corrected chi connectivity index (χ3v) is 4.07. The molecule has 7 heteroatoms. The smallest absolute Gasteiger partial charge is 0.263 e. The molecule has 1 aliphatic rings. The summed E-state index contributed by atoms with van der Waals surface area (Å²) in [5.41, 5.74) is 5.48. The first-order valence-electron chi connectivity index (χ1n) is 6.55. The van der Waals surface area contributed by atoms with Crippen LogP contribution < -0.4 is 11.1 Å². The number of nitrogen functional groups attached to an aromatic ring is 1. The van der Waals surface area contributed by atoms with Gasteiger partial charge in [-0.25, -0.2) is 4.98 Å². The van der Waals surface area contributed by atoms with Crippen LogP contribution in [0.15, 0.2) is 6.20 Å². The van der Waals surface area contributed by atoms with Gasteiger partial charge in [-0.3, -0.25) is 4.79 Å². The Morgan fingerprint density at radius 1 is 1.58 bits per heavy atom. The molecule has 0 atom stereocenters. The summed E-state index contributed by atoms with van der Waals surface area (Å²) in [7, 11) is 0. The number of aliphatic hydroxyl groups is 1. The highest BCUT2D eigenvalue weighted by Crippen LogP contribution is 2.14. The maximum Gasteiger partial charge on any atom is 0.263 e. The van der Waals surface area contributed by atoms with Gasteiger partial charge in [0.25, 0.3) is 5.91 Å². The number of piperidine rings is 1. The average molecular weight is 284 g/mol. The van der Waals surface area contributed by atoms with E-state index in [-0.39, 0.29) is 12.0 Å². The topological polar surface area (TPSA) is 91.5 Å². The van der Waals surface area contributed by atoms with Crippen molar-refractivity contribution in [2.75, 3.05) is 31.9 Å². The number of nitrogens with one attached hydrogen (secondary N) is 1. The van der Waals surface area contributed by atoms with Crippen LogP contribution in [0.1, 0.15) is 28.9 Å². The van der Waals surface area contributed by atoms with Crippen molar-refractivity contribution in [1.82, 2.24) is 15.2 Å². The normalized spacial score (nSPS) is 17.5. The van der Waals surface area contributed by atoms with Gasteiger partial charge in [0.15, 0.2) is 5.13 Å². The lowest BCUT2D eigenvalue weighted by Gasteiger charge is -2.29. The molecule has 1 aromatic rings. The highest BCUT2D eigenvalue weighted by atomic mass is 32.1. The van der Waals surface area contributed by atoms with E-state index in [0.29, 0.717) is 16.6 Å². The van der Waals surface area contributed by atoms with E-state index in [0.717, 1.165) is 38.9 Å². The molecule has 0 bridgehead atoms. The number of nitrogens with zero attached hydrogens (tertiary/aromatic N) is 2. The van der Waals surface area contributed by atoms with Crippen molar-refractivity contribution in [2.24, 2.45) is 0 Å². The number of amides is 1. The predicted molar refractivity (Wildman–Crippen MR) is 75.2 cm³/mol. The van der Waals surface area contributed by atoms with Crippen molar-refractivity contribution in [1.29, 1.82) is 0 Å². The number of carbonyl (C=O) groups is 1. The van der Waals surface area contributed by atoms with Gasteiger partial charge in [-0.1, -0.05) is 11.3 Å². The molecule has 0 radical (unpaired) electrons. The van der Waals surface area contributed by atoms with Gasteiger partial charge >= 0.3 is 0 Å². The Labute approximate surface area is 116 Å². The van der Waals surface area contributed by atoms with Gasteiger partial charge in [-0.15, -0.1) is 0 Å². The molecule has 6 nitrogen and oxygen atoms in total. The maximum atomic E-state index is 11.7. The Morgan fingerprint density at radius 2 is 2.32 bits per heavy atom. The van der Waals surface area contributed by atoms with E-state index in [1.54, 1.807) is 0 Å². The van der Waals surface area contributed by atoms with E-state index < -0.39 is 0 Å². The van der Waals surface area contributed by atoms with E-state index in [9.17, 15) is 9.90 Å². The molecule has 0 spiro atoms. The number of carbonyl (C=O) groups excluding carboxylic acids is 1. The maximum absolute atomic E-state index is 11.7. The second-order valence-electron chi connectivity index (χ2n) is 4.75. The summed E-state index contributed by atoms with van der Waals surface area (Å²) >= 11 is 1.20. The highest BCUT2D eigenvalue weighted by Gasteiger charge is 2.16. The number of likely N-dealkylation sites (tertiary alicyclic amines) is 1. The molecule has 1 aliphatic heterocycles. The van der Waals surface area contributed by atoms with E-state index in [2.05, 4.69) is 15.2 Å². The van der Waals surface area contributed by atoms with Gasteiger partial charge < -0.3 is 21.1 Å². The fourth-order valence-electron chi connectivity index (χ4n) is 2.13. The van der Waals surface area contributed by atoms with Crippen LogP contribution in [0.5, 0.6) is 0 Å². The Hall–Kier alpha value is -1.18. The molecule has 106 valence electrons. The molecule has 2 rings (SSSR count). The summed E-state index contributed by atoms with van der Waals surface area (Å²) in [6, 6.07) is 0. The van der Waals surface area contributed by atoms with E-state index in [1.807, 2.05) is 0 Å². The Balaban J connectivity index is 1.60. The zero-order valence-corrected chi connectivity index (χ0v) is 11.7. The fourth-order valence-corrected chi connectivity index (χ4v) is 2.73. The SMILES string of the molecule is Nc1ncc(C(=O)NCCCN2CCC(O)CC2)s1. The highest BCUT2D eigenvalue weighted by molar-refractivity contribution is 7.17. The largest absolute Gasteiger partial charge is 0.393 e. The van der Waals surface area contributed by atoms with Crippen LogP contribution in [-0.4, -0.2) is 53.2 Å². The minimum Gasteiger partial charge on any atom is -0.393 e. The number of hydrogen-bond donors (Lipinski definition) is 3. The Bertz CT molecular complexity index is 416. The van der Waals surface area contributed by atoms with Crippen molar-refractivity contribution >= 4 is 22.4 Å². The molecule has 0 aliphatic carbocycles. The molecule has 4 N–H and O–H groups in total. The summed E-state index contributed by atoms with van der Waals surface area (Å²) in [6.45, 7) is 3.49. The minimum absolute atomic E-state index is 0.108. The number of aliphatic hydroxyl groups excluding tert-OH is 1. The second-order valence-corrected chi connectivity index (χ2v) is 5.81. The molecule has 1 amide bonds. The number of thiazole rings is 1. The fraction of sp³-hybridized carbons (Fsp3) is 0.667. The van der Waals surface area contributed by atoms with Crippen LogP contribution in [0.3, 0.4) is 0 Å². The van der Waals surface area contributed by atoms with Crippen LogP contribution in [0.4, 0.5) is 5.13 Å². The number of nitrogens with two attached hydrogens (primary N) is 1. The average Bonchev–Trinajstić information content (AvgIpc) is 2.83. The summed E-state index contributed by atoms with van der Waals surface area (Å²) < 4.78 is 0. The standard InChI is InChI=1S/C12H20N4O2S/c13-12-15-8-10(19-12)11(18)14-4-1-5-16-6-2-9(17)3-7-16/h8-9,17H,1-7H2,(H2,13,15)(H,14,18). The molecule has 1 aromatic heterocycles. The van der Waals surface area contributed by atoms with Crippen LogP contribution in [0, 0.1) is 0 Å². The van der Waals surface area contributed by atoms with E-state index in [4.69, 9.17) is 5.73 Å². The first-order chi connectivity index (χ1) is 9.15. The summed E-state index contributed by atoms with van der Waals surface area (Å²) in [5.74, 6) is -0.108.